The average molecular weight is 377 g/mol. The molecule has 0 N–H and O–H groups in total. The number of hydrogen-bond donors (Lipinski definition) is 0. The number of para-hydroxylation sites is 1. The molecule has 0 saturated carbocycles. The highest BCUT2D eigenvalue weighted by Gasteiger charge is 2.29. The number of hydrogen-bond acceptors (Lipinski definition) is 2. The summed E-state index contributed by atoms with van der Waals surface area (Å²) in [5, 5.41) is 4.64. The molecule has 0 bridgehead atoms. The lowest BCUT2D eigenvalue weighted by atomic mass is 9.93. The number of fused-ring (bicyclic) bond motifs is 1. The summed E-state index contributed by atoms with van der Waals surface area (Å²) in [4.78, 5) is 15.0. The molecule has 1 aliphatic heterocycles. The van der Waals surface area contributed by atoms with Gasteiger partial charge in [-0.25, -0.2) is 9.07 Å². The Bertz CT molecular complexity index is 1030. The van der Waals surface area contributed by atoms with Gasteiger partial charge in [0.1, 0.15) is 5.82 Å². The van der Waals surface area contributed by atoms with Crippen LogP contribution in [0.5, 0.6) is 0 Å². The monoisotopic (exact) mass is 377 g/mol. The maximum Gasteiger partial charge on any atom is 0.227 e. The number of nitrogens with zero attached hydrogens (tertiary/aromatic N) is 3. The Balaban J connectivity index is 1.59. The first-order chi connectivity index (χ1) is 13.5. The largest absolute Gasteiger partial charge is 0.335 e. The second-order valence-electron chi connectivity index (χ2n) is 7.43. The number of aromatic nitrogens is 2. The van der Waals surface area contributed by atoms with Gasteiger partial charge in [-0.05, 0) is 62.6 Å². The molecule has 1 aromatic heterocycles. The molecule has 1 aliphatic rings. The lowest BCUT2D eigenvalue weighted by Gasteiger charge is -2.35. The van der Waals surface area contributed by atoms with E-state index >= 15 is 0 Å². The smallest absolute Gasteiger partial charge is 0.227 e. The van der Waals surface area contributed by atoms with E-state index in [-0.39, 0.29) is 17.8 Å². The van der Waals surface area contributed by atoms with Crippen molar-refractivity contribution >= 4 is 5.91 Å². The van der Waals surface area contributed by atoms with Gasteiger partial charge >= 0.3 is 0 Å². The first kappa shape index (κ1) is 18.4. The molecule has 0 aliphatic carbocycles. The van der Waals surface area contributed by atoms with Crippen LogP contribution in [0.2, 0.25) is 0 Å². The number of halogens is 1. The Labute approximate surface area is 164 Å². The Morgan fingerprint density at radius 1 is 1.18 bits per heavy atom. The zero-order valence-electron chi connectivity index (χ0n) is 16.4. The minimum Gasteiger partial charge on any atom is -0.335 e. The van der Waals surface area contributed by atoms with Gasteiger partial charge in [-0.1, -0.05) is 24.3 Å². The maximum atomic E-state index is 13.7. The standard InChI is InChI=1S/C23H24FN3O/c1-15-21(17(3)27(25-15)20-7-5-4-6-8-20)14-23(28)26-12-11-18-9-10-19(24)13-22(18)16(26)2/h4-10,13,16H,11-12,14H2,1-3H3. The van der Waals surface area contributed by atoms with E-state index in [0.29, 0.717) is 13.0 Å². The van der Waals surface area contributed by atoms with E-state index < -0.39 is 0 Å². The molecule has 4 nitrogen and oxygen atoms in total. The molecular formula is C23H24FN3O. The van der Waals surface area contributed by atoms with Crippen LogP contribution >= 0.6 is 0 Å². The third kappa shape index (κ3) is 3.21. The number of amides is 1. The van der Waals surface area contributed by atoms with Crippen LogP contribution in [0.25, 0.3) is 5.69 Å². The Morgan fingerprint density at radius 3 is 2.68 bits per heavy atom. The quantitative estimate of drug-likeness (QED) is 0.682. The van der Waals surface area contributed by atoms with Crippen molar-refractivity contribution in [3.8, 4) is 5.69 Å². The molecule has 0 spiro atoms. The molecule has 0 saturated heterocycles. The second-order valence-corrected chi connectivity index (χ2v) is 7.43. The fourth-order valence-electron chi connectivity index (χ4n) is 4.13. The molecule has 5 heteroatoms. The topological polar surface area (TPSA) is 38.1 Å². The predicted molar refractivity (Wildman–Crippen MR) is 107 cm³/mol. The van der Waals surface area contributed by atoms with Crippen LogP contribution in [0.3, 0.4) is 0 Å². The van der Waals surface area contributed by atoms with Gasteiger partial charge in [-0.2, -0.15) is 5.10 Å². The van der Waals surface area contributed by atoms with Gasteiger partial charge in [-0.3, -0.25) is 4.79 Å². The molecule has 2 heterocycles. The second kappa shape index (κ2) is 7.23. The van der Waals surface area contributed by atoms with Crippen LogP contribution in [0, 0.1) is 19.7 Å². The van der Waals surface area contributed by atoms with Crippen LogP contribution in [0.1, 0.15) is 41.0 Å². The maximum absolute atomic E-state index is 13.7. The molecule has 144 valence electrons. The fraction of sp³-hybridized carbons (Fsp3) is 0.304. The predicted octanol–water partition coefficient (Wildman–Crippen LogP) is 4.32. The summed E-state index contributed by atoms with van der Waals surface area (Å²) in [5.41, 5.74) is 5.83. The van der Waals surface area contributed by atoms with E-state index in [0.717, 1.165) is 40.2 Å². The van der Waals surface area contributed by atoms with Gasteiger partial charge in [0, 0.05) is 17.8 Å². The number of benzene rings is 2. The summed E-state index contributed by atoms with van der Waals surface area (Å²) in [7, 11) is 0. The van der Waals surface area contributed by atoms with Crippen molar-refractivity contribution in [2.45, 2.75) is 39.7 Å². The van der Waals surface area contributed by atoms with Gasteiger partial charge < -0.3 is 4.90 Å². The third-order valence-electron chi connectivity index (χ3n) is 5.74. The van der Waals surface area contributed by atoms with Gasteiger partial charge in [0.15, 0.2) is 0 Å². The minimum absolute atomic E-state index is 0.0567. The van der Waals surface area contributed by atoms with Crippen molar-refractivity contribution in [1.29, 1.82) is 0 Å². The van der Waals surface area contributed by atoms with Crippen LogP contribution in [-0.2, 0) is 17.6 Å². The van der Waals surface area contributed by atoms with Crippen LogP contribution in [0.4, 0.5) is 4.39 Å². The van der Waals surface area contributed by atoms with E-state index in [1.54, 1.807) is 6.07 Å². The lowest BCUT2D eigenvalue weighted by molar-refractivity contribution is -0.133. The molecular weight excluding hydrogens is 353 g/mol. The minimum atomic E-state index is -0.254. The fourth-order valence-corrected chi connectivity index (χ4v) is 4.13. The Kier molecular flexibility index (Phi) is 4.75. The van der Waals surface area contributed by atoms with Crippen LogP contribution < -0.4 is 0 Å². The van der Waals surface area contributed by atoms with Crippen molar-refractivity contribution in [2.75, 3.05) is 6.54 Å². The van der Waals surface area contributed by atoms with Crippen LogP contribution in [-0.4, -0.2) is 27.1 Å². The first-order valence-electron chi connectivity index (χ1n) is 9.64. The van der Waals surface area contributed by atoms with E-state index in [9.17, 15) is 9.18 Å². The highest BCUT2D eigenvalue weighted by Crippen LogP contribution is 2.31. The van der Waals surface area contributed by atoms with Crippen molar-refractivity contribution in [2.24, 2.45) is 0 Å². The molecule has 1 unspecified atom stereocenters. The number of rotatable bonds is 3. The van der Waals surface area contributed by atoms with Crippen molar-refractivity contribution in [3.63, 3.8) is 0 Å². The van der Waals surface area contributed by atoms with Gasteiger partial charge in [0.2, 0.25) is 5.91 Å². The van der Waals surface area contributed by atoms with E-state index in [1.165, 1.54) is 6.07 Å². The molecule has 0 radical (unpaired) electrons. The number of carbonyl (C=O) groups excluding carboxylic acids is 1. The molecule has 1 atom stereocenters. The Morgan fingerprint density at radius 2 is 1.93 bits per heavy atom. The zero-order valence-corrected chi connectivity index (χ0v) is 16.4. The first-order valence-corrected chi connectivity index (χ1v) is 9.64. The highest BCUT2D eigenvalue weighted by atomic mass is 19.1. The average Bonchev–Trinajstić information content (AvgIpc) is 2.97. The Hall–Kier alpha value is -2.95. The van der Waals surface area contributed by atoms with Crippen LogP contribution in [0.15, 0.2) is 48.5 Å². The highest BCUT2D eigenvalue weighted by molar-refractivity contribution is 5.80. The normalized spacial score (nSPS) is 16.1. The molecule has 4 rings (SSSR count). The van der Waals surface area contributed by atoms with E-state index in [1.807, 2.05) is 66.8 Å². The van der Waals surface area contributed by atoms with E-state index in [4.69, 9.17) is 0 Å². The number of aryl methyl sites for hydroxylation is 1. The summed E-state index contributed by atoms with van der Waals surface area (Å²) in [5.74, 6) is -0.197. The summed E-state index contributed by atoms with van der Waals surface area (Å²) < 4.78 is 15.6. The van der Waals surface area contributed by atoms with Crippen molar-refractivity contribution in [3.05, 3.63) is 82.4 Å². The lowest BCUT2D eigenvalue weighted by Crippen LogP contribution is -2.39. The summed E-state index contributed by atoms with van der Waals surface area (Å²) >= 11 is 0. The molecule has 1 amide bonds. The SMILES string of the molecule is Cc1nn(-c2ccccc2)c(C)c1CC(=O)N1CCc2ccc(F)cc2C1C. The van der Waals surface area contributed by atoms with Crippen molar-refractivity contribution < 1.29 is 9.18 Å². The molecule has 3 aromatic rings. The zero-order chi connectivity index (χ0) is 19.8. The summed E-state index contributed by atoms with van der Waals surface area (Å²) in [6.45, 7) is 6.57. The van der Waals surface area contributed by atoms with Gasteiger partial charge in [0.05, 0.1) is 23.8 Å². The van der Waals surface area contributed by atoms with Gasteiger partial charge in [0.25, 0.3) is 0 Å². The molecule has 2 aromatic carbocycles. The third-order valence-corrected chi connectivity index (χ3v) is 5.74. The van der Waals surface area contributed by atoms with Crippen molar-refractivity contribution in [1.82, 2.24) is 14.7 Å². The number of carbonyl (C=O) groups is 1. The molecule has 28 heavy (non-hydrogen) atoms. The van der Waals surface area contributed by atoms with Gasteiger partial charge in [-0.15, -0.1) is 0 Å². The van der Waals surface area contributed by atoms with E-state index in [2.05, 4.69) is 5.10 Å². The molecule has 0 fully saturated rings. The summed E-state index contributed by atoms with van der Waals surface area (Å²) in [6.07, 6.45) is 1.06. The summed E-state index contributed by atoms with van der Waals surface area (Å²) in [6, 6.07) is 14.7.